The standard InChI is InChI=1S/C15H21FO/c1-3-4-5-6-7-8-15(17)14-11-13(16)10-9-12(14)2/h9-11H,3-8H2,1-2H3. The topological polar surface area (TPSA) is 17.1 Å². The van der Waals surface area contributed by atoms with E-state index in [0.717, 1.165) is 18.4 Å². The molecule has 0 bridgehead atoms. The van der Waals surface area contributed by atoms with Crippen LogP contribution in [0.15, 0.2) is 18.2 Å². The van der Waals surface area contributed by atoms with E-state index in [9.17, 15) is 9.18 Å². The molecule has 0 heterocycles. The van der Waals surface area contributed by atoms with E-state index < -0.39 is 0 Å². The Kier molecular flexibility index (Phi) is 5.88. The molecule has 2 heteroatoms. The molecule has 0 aliphatic carbocycles. The molecular formula is C15H21FO. The molecule has 0 fully saturated rings. The molecule has 0 aliphatic rings. The van der Waals surface area contributed by atoms with Crippen LogP contribution in [0, 0.1) is 12.7 Å². The smallest absolute Gasteiger partial charge is 0.163 e. The van der Waals surface area contributed by atoms with E-state index in [1.165, 1.54) is 31.4 Å². The number of carbonyl (C=O) groups is 1. The monoisotopic (exact) mass is 236 g/mol. The molecule has 0 unspecified atom stereocenters. The first-order chi connectivity index (χ1) is 8.15. The zero-order valence-corrected chi connectivity index (χ0v) is 10.8. The Balaban J connectivity index is 2.44. The maximum atomic E-state index is 13.0. The predicted molar refractivity (Wildman–Crippen MR) is 68.8 cm³/mol. The van der Waals surface area contributed by atoms with Crippen LogP contribution in [0.25, 0.3) is 0 Å². The van der Waals surface area contributed by atoms with Gasteiger partial charge in [0.25, 0.3) is 0 Å². The Hall–Kier alpha value is -1.18. The lowest BCUT2D eigenvalue weighted by Crippen LogP contribution is -2.02. The number of unbranched alkanes of at least 4 members (excludes halogenated alkanes) is 4. The van der Waals surface area contributed by atoms with E-state index in [0.29, 0.717) is 12.0 Å². The third-order valence-corrected chi connectivity index (χ3v) is 3.01. The summed E-state index contributed by atoms with van der Waals surface area (Å²) in [5.41, 5.74) is 1.41. The Bertz CT molecular complexity index is 371. The van der Waals surface area contributed by atoms with Gasteiger partial charge in [0.15, 0.2) is 5.78 Å². The van der Waals surface area contributed by atoms with Crippen molar-refractivity contribution in [2.75, 3.05) is 0 Å². The Morgan fingerprint density at radius 2 is 1.88 bits per heavy atom. The number of ketones is 1. The number of aryl methyl sites for hydroxylation is 1. The second kappa shape index (κ2) is 7.21. The third-order valence-electron chi connectivity index (χ3n) is 3.01. The minimum absolute atomic E-state index is 0.0681. The summed E-state index contributed by atoms with van der Waals surface area (Å²) in [5, 5.41) is 0. The highest BCUT2D eigenvalue weighted by Gasteiger charge is 2.09. The molecule has 0 atom stereocenters. The van der Waals surface area contributed by atoms with Crippen molar-refractivity contribution in [2.24, 2.45) is 0 Å². The largest absolute Gasteiger partial charge is 0.294 e. The number of halogens is 1. The van der Waals surface area contributed by atoms with E-state index in [4.69, 9.17) is 0 Å². The zero-order chi connectivity index (χ0) is 12.7. The lowest BCUT2D eigenvalue weighted by atomic mass is 10.00. The molecule has 1 rings (SSSR count). The third kappa shape index (κ3) is 4.68. The second-order valence-corrected chi connectivity index (χ2v) is 4.55. The summed E-state index contributed by atoms with van der Waals surface area (Å²) in [6.45, 7) is 4.02. The van der Waals surface area contributed by atoms with Crippen LogP contribution in [0.1, 0.15) is 61.4 Å². The average molecular weight is 236 g/mol. The second-order valence-electron chi connectivity index (χ2n) is 4.55. The maximum Gasteiger partial charge on any atom is 0.163 e. The lowest BCUT2D eigenvalue weighted by Gasteiger charge is -2.05. The van der Waals surface area contributed by atoms with Crippen molar-refractivity contribution in [3.63, 3.8) is 0 Å². The first-order valence-electron chi connectivity index (χ1n) is 6.44. The van der Waals surface area contributed by atoms with Gasteiger partial charge in [0.05, 0.1) is 0 Å². The van der Waals surface area contributed by atoms with Crippen molar-refractivity contribution in [2.45, 2.75) is 52.4 Å². The first kappa shape index (κ1) is 13.9. The fraction of sp³-hybridized carbons (Fsp3) is 0.533. The molecule has 1 aromatic rings. The van der Waals surface area contributed by atoms with Crippen molar-refractivity contribution in [1.82, 2.24) is 0 Å². The van der Waals surface area contributed by atoms with Crippen molar-refractivity contribution in [1.29, 1.82) is 0 Å². The van der Waals surface area contributed by atoms with E-state index in [-0.39, 0.29) is 11.6 Å². The van der Waals surface area contributed by atoms with Gasteiger partial charge >= 0.3 is 0 Å². The molecule has 94 valence electrons. The summed E-state index contributed by atoms with van der Waals surface area (Å²) in [4.78, 5) is 11.9. The van der Waals surface area contributed by atoms with Gasteiger partial charge in [-0.25, -0.2) is 4.39 Å². The molecule has 0 aliphatic heterocycles. The van der Waals surface area contributed by atoms with Crippen LogP contribution in [0.4, 0.5) is 4.39 Å². The normalized spacial score (nSPS) is 10.5. The van der Waals surface area contributed by atoms with Crippen molar-refractivity contribution >= 4 is 5.78 Å². The van der Waals surface area contributed by atoms with Crippen LogP contribution in [0.2, 0.25) is 0 Å². The molecule has 1 nitrogen and oxygen atoms in total. The quantitative estimate of drug-likeness (QED) is 0.496. The van der Waals surface area contributed by atoms with Crippen LogP contribution in [-0.4, -0.2) is 5.78 Å². The highest BCUT2D eigenvalue weighted by molar-refractivity contribution is 5.97. The highest BCUT2D eigenvalue weighted by atomic mass is 19.1. The number of benzene rings is 1. The van der Waals surface area contributed by atoms with Gasteiger partial charge in [-0.2, -0.15) is 0 Å². The lowest BCUT2D eigenvalue weighted by molar-refractivity contribution is 0.0978. The van der Waals surface area contributed by atoms with Gasteiger partial charge in [0.2, 0.25) is 0 Å². The van der Waals surface area contributed by atoms with Gasteiger partial charge in [-0.1, -0.05) is 38.7 Å². The maximum absolute atomic E-state index is 13.0. The minimum atomic E-state index is -0.329. The summed E-state index contributed by atoms with van der Waals surface area (Å²) in [7, 11) is 0. The molecular weight excluding hydrogens is 215 g/mol. The van der Waals surface area contributed by atoms with Crippen LogP contribution in [0.3, 0.4) is 0 Å². The summed E-state index contributed by atoms with van der Waals surface area (Å²) in [6, 6.07) is 4.41. The van der Waals surface area contributed by atoms with Crippen LogP contribution < -0.4 is 0 Å². The van der Waals surface area contributed by atoms with Gasteiger partial charge < -0.3 is 0 Å². The summed E-state index contributed by atoms with van der Waals surface area (Å²) >= 11 is 0. The van der Waals surface area contributed by atoms with Gasteiger partial charge in [-0.05, 0) is 31.0 Å². The molecule has 0 radical (unpaired) electrons. The molecule has 17 heavy (non-hydrogen) atoms. The van der Waals surface area contributed by atoms with Crippen molar-refractivity contribution < 1.29 is 9.18 Å². The summed E-state index contributed by atoms with van der Waals surface area (Å²) in [5.74, 6) is -0.261. The minimum Gasteiger partial charge on any atom is -0.294 e. The van der Waals surface area contributed by atoms with E-state index >= 15 is 0 Å². The summed E-state index contributed by atoms with van der Waals surface area (Å²) < 4.78 is 13.0. The van der Waals surface area contributed by atoms with Crippen molar-refractivity contribution in [3.05, 3.63) is 35.1 Å². The Morgan fingerprint density at radius 3 is 2.59 bits per heavy atom. The fourth-order valence-electron chi connectivity index (χ4n) is 1.92. The fourth-order valence-corrected chi connectivity index (χ4v) is 1.92. The van der Waals surface area contributed by atoms with Crippen LogP contribution in [-0.2, 0) is 0 Å². The SMILES string of the molecule is CCCCCCCC(=O)c1cc(F)ccc1C. The molecule has 0 saturated carbocycles. The van der Waals surface area contributed by atoms with Gasteiger partial charge in [0.1, 0.15) is 5.82 Å². The summed E-state index contributed by atoms with van der Waals surface area (Å²) in [6.07, 6.45) is 6.16. The zero-order valence-electron chi connectivity index (χ0n) is 10.8. The average Bonchev–Trinajstić information content (AvgIpc) is 2.32. The van der Waals surface area contributed by atoms with Crippen molar-refractivity contribution in [3.8, 4) is 0 Å². The first-order valence-corrected chi connectivity index (χ1v) is 6.44. The van der Waals surface area contributed by atoms with E-state index in [1.54, 1.807) is 6.07 Å². The van der Waals surface area contributed by atoms with Crippen LogP contribution >= 0.6 is 0 Å². The van der Waals surface area contributed by atoms with Gasteiger partial charge in [-0.3, -0.25) is 4.79 Å². The Morgan fingerprint density at radius 1 is 1.18 bits per heavy atom. The molecule has 0 amide bonds. The number of hydrogen-bond acceptors (Lipinski definition) is 1. The Labute approximate surface area is 103 Å². The number of carbonyl (C=O) groups excluding carboxylic acids is 1. The molecule has 0 saturated heterocycles. The van der Waals surface area contributed by atoms with Gasteiger partial charge in [-0.15, -0.1) is 0 Å². The van der Waals surface area contributed by atoms with E-state index in [1.807, 2.05) is 6.92 Å². The highest BCUT2D eigenvalue weighted by Crippen LogP contribution is 2.15. The number of hydrogen-bond donors (Lipinski definition) is 0. The van der Waals surface area contributed by atoms with Gasteiger partial charge in [0, 0.05) is 12.0 Å². The van der Waals surface area contributed by atoms with Crippen LogP contribution in [0.5, 0.6) is 0 Å². The number of Topliss-reactive ketones (excluding diaryl/α,β-unsaturated/α-hetero) is 1. The van der Waals surface area contributed by atoms with E-state index in [2.05, 4.69) is 6.92 Å². The molecule has 0 spiro atoms. The molecule has 0 aromatic heterocycles. The molecule has 0 N–H and O–H groups in total. The number of rotatable bonds is 7. The predicted octanol–water partition coefficient (Wildman–Crippen LogP) is 4.68. The molecule has 1 aromatic carbocycles.